The van der Waals surface area contributed by atoms with Crippen LogP contribution in [0.1, 0.15) is 31.1 Å². The summed E-state index contributed by atoms with van der Waals surface area (Å²) >= 11 is 5.86. The van der Waals surface area contributed by atoms with Gasteiger partial charge in [0.2, 0.25) is 0 Å². The van der Waals surface area contributed by atoms with Crippen LogP contribution >= 0.6 is 11.6 Å². The van der Waals surface area contributed by atoms with Crippen molar-refractivity contribution in [2.75, 3.05) is 12.1 Å². The van der Waals surface area contributed by atoms with E-state index >= 15 is 0 Å². The van der Waals surface area contributed by atoms with Gasteiger partial charge in [0.25, 0.3) is 0 Å². The van der Waals surface area contributed by atoms with Crippen molar-refractivity contribution < 1.29 is 8.42 Å². The lowest BCUT2D eigenvalue weighted by Gasteiger charge is -2.29. The molecule has 0 radical (unpaired) electrons. The zero-order valence-corrected chi connectivity index (χ0v) is 12.9. The predicted molar refractivity (Wildman–Crippen MR) is 80.2 cm³/mol. The van der Waals surface area contributed by atoms with Gasteiger partial charge in [-0.2, -0.15) is 0 Å². The number of hydrogen-bond donors (Lipinski definition) is 0. The summed E-state index contributed by atoms with van der Waals surface area (Å²) in [6, 6.07) is 5.81. The van der Waals surface area contributed by atoms with Crippen molar-refractivity contribution in [2.45, 2.75) is 36.6 Å². The number of nitrogens with zero attached hydrogens (tertiary/aromatic N) is 2. The monoisotopic (exact) mass is 312 g/mol. The normalized spacial score (nSPS) is 16.5. The number of rotatable bonds is 4. The Morgan fingerprint density at radius 3 is 2.70 bits per heavy atom. The Balaban J connectivity index is 2.27. The Labute approximate surface area is 123 Å². The molecule has 6 heteroatoms. The predicted octanol–water partition coefficient (Wildman–Crippen LogP) is 2.95. The lowest BCUT2D eigenvalue weighted by molar-refractivity contribution is 0.314. The molecule has 0 bridgehead atoms. The minimum absolute atomic E-state index is 0.309. The van der Waals surface area contributed by atoms with E-state index in [1.54, 1.807) is 12.1 Å². The summed E-state index contributed by atoms with van der Waals surface area (Å²) in [5, 5.41) is 0. The van der Waals surface area contributed by atoms with Crippen LogP contribution in [0.5, 0.6) is 0 Å². The van der Waals surface area contributed by atoms with E-state index in [4.69, 9.17) is 11.6 Å². The summed E-state index contributed by atoms with van der Waals surface area (Å²) in [6.07, 6.45) is 5.37. The zero-order valence-electron chi connectivity index (χ0n) is 11.3. The summed E-state index contributed by atoms with van der Waals surface area (Å²) in [6.45, 7) is 0. The van der Waals surface area contributed by atoms with E-state index in [9.17, 15) is 8.42 Å². The Bertz CT molecular complexity index is 748. The van der Waals surface area contributed by atoms with Gasteiger partial charge in [0.15, 0.2) is 9.84 Å². The number of alkyl halides is 1. The van der Waals surface area contributed by atoms with Crippen LogP contribution in [-0.2, 0) is 16.3 Å². The molecule has 1 aliphatic carbocycles. The van der Waals surface area contributed by atoms with Crippen molar-refractivity contribution in [3.63, 3.8) is 0 Å². The summed E-state index contributed by atoms with van der Waals surface area (Å²) in [7, 11) is -3.27. The molecule has 2 aromatic rings. The second-order valence-corrected chi connectivity index (χ2v) is 7.68. The highest BCUT2D eigenvalue weighted by atomic mass is 35.5. The average molecular weight is 313 g/mol. The third-order valence-electron chi connectivity index (χ3n) is 3.91. The van der Waals surface area contributed by atoms with Crippen LogP contribution in [0, 0.1) is 0 Å². The van der Waals surface area contributed by atoms with E-state index in [0.29, 0.717) is 28.8 Å². The minimum atomic E-state index is -3.27. The molecule has 108 valence electrons. The van der Waals surface area contributed by atoms with E-state index < -0.39 is 9.84 Å². The van der Waals surface area contributed by atoms with Gasteiger partial charge in [-0.25, -0.2) is 13.4 Å². The van der Waals surface area contributed by atoms with Crippen LogP contribution in [-0.4, -0.2) is 30.1 Å². The number of aromatic nitrogens is 2. The van der Waals surface area contributed by atoms with Gasteiger partial charge in [-0.3, -0.25) is 0 Å². The molecule has 0 unspecified atom stereocenters. The van der Waals surface area contributed by atoms with Crippen molar-refractivity contribution in [1.82, 2.24) is 9.55 Å². The number of aryl methyl sites for hydroxylation is 1. The maximum Gasteiger partial charge on any atom is 0.177 e. The van der Waals surface area contributed by atoms with Crippen molar-refractivity contribution >= 4 is 32.5 Å². The van der Waals surface area contributed by atoms with Gasteiger partial charge >= 0.3 is 0 Å². The highest BCUT2D eigenvalue weighted by Crippen LogP contribution is 2.36. The number of hydrogen-bond acceptors (Lipinski definition) is 3. The quantitative estimate of drug-likeness (QED) is 0.816. The van der Waals surface area contributed by atoms with Crippen molar-refractivity contribution in [1.29, 1.82) is 0 Å². The number of benzene rings is 1. The summed E-state index contributed by atoms with van der Waals surface area (Å²) < 4.78 is 26.0. The van der Waals surface area contributed by atoms with Gasteiger partial charge in [0.1, 0.15) is 11.3 Å². The standard InChI is InChI=1S/C14H17ClN2O2S/c1-20(18,19)12-7-3-6-11-14(12)16-13(8-9-15)17(11)10-4-2-5-10/h3,6-7,10H,2,4-5,8-9H2,1H3. The first-order chi connectivity index (χ1) is 9.52. The molecule has 0 N–H and O–H groups in total. The molecular weight excluding hydrogens is 296 g/mol. The zero-order chi connectivity index (χ0) is 14.3. The fraction of sp³-hybridized carbons (Fsp3) is 0.500. The molecule has 0 saturated heterocycles. The number of imidazole rings is 1. The number of para-hydroxylation sites is 1. The molecule has 4 nitrogen and oxygen atoms in total. The van der Waals surface area contributed by atoms with Crippen LogP contribution in [0.15, 0.2) is 23.1 Å². The average Bonchev–Trinajstić information content (AvgIpc) is 2.65. The highest BCUT2D eigenvalue weighted by Gasteiger charge is 2.26. The molecule has 3 rings (SSSR count). The third kappa shape index (κ3) is 2.23. The summed E-state index contributed by atoms with van der Waals surface area (Å²) in [4.78, 5) is 4.88. The van der Waals surface area contributed by atoms with Gasteiger partial charge in [-0.05, 0) is 31.4 Å². The maximum atomic E-state index is 11.9. The van der Waals surface area contributed by atoms with E-state index in [1.165, 1.54) is 12.7 Å². The van der Waals surface area contributed by atoms with E-state index in [-0.39, 0.29) is 0 Å². The fourth-order valence-electron chi connectivity index (χ4n) is 2.75. The molecular formula is C14H17ClN2O2S. The first kappa shape index (κ1) is 13.9. The van der Waals surface area contributed by atoms with Gasteiger partial charge in [-0.1, -0.05) is 6.07 Å². The topological polar surface area (TPSA) is 52.0 Å². The maximum absolute atomic E-state index is 11.9. The van der Waals surface area contributed by atoms with Gasteiger partial charge in [-0.15, -0.1) is 11.6 Å². The van der Waals surface area contributed by atoms with E-state index in [1.807, 2.05) is 6.07 Å². The Kier molecular flexibility index (Phi) is 3.50. The molecule has 0 spiro atoms. The van der Waals surface area contributed by atoms with Gasteiger partial charge < -0.3 is 4.57 Å². The van der Waals surface area contributed by atoms with Crippen LogP contribution < -0.4 is 0 Å². The molecule has 1 fully saturated rings. The van der Waals surface area contributed by atoms with Crippen LogP contribution in [0.25, 0.3) is 11.0 Å². The molecule has 1 aliphatic rings. The molecule has 1 aromatic heterocycles. The second-order valence-electron chi connectivity index (χ2n) is 5.32. The summed E-state index contributed by atoms with van der Waals surface area (Å²) in [5.41, 5.74) is 1.50. The molecule has 1 heterocycles. The van der Waals surface area contributed by atoms with Crippen molar-refractivity contribution in [3.8, 4) is 0 Å². The van der Waals surface area contributed by atoms with Crippen LogP contribution in [0.3, 0.4) is 0 Å². The first-order valence-corrected chi connectivity index (χ1v) is 9.21. The van der Waals surface area contributed by atoms with Gasteiger partial charge in [0, 0.05) is 24.6 Å². The molecule has 20 heavy (non-hydrogen) atoms. The smallest absolute Gasteiger partial charge is 0.177 e. The molecule has 0 atom stereocenters. The molecule has 0 amide bonds. The minimum Gasteiger partial charge on any atom is -0.325 e. The number of halogens is 1. The Hall–Kier alpha value is -1.07. The lowest BCUT2D eigenvalue weighted by Crippen LogP contribution is -2.19. The SMILES string of the molecule is CS(=O)(=O)c1cccc2c1nc(CCCl)n2C1CCC1. The van der Waals surface area contributed by atoms with Crippen molar-refractivity contribution in [3.05, 3.63) is 24.0 Å². The molecule has 1 saturated carbocycles. The second kappa shape index (κ2) is 5.04. The number of sulfone groups is 1. The van der Waals surface area contributed by atoms with Crippen LogP contribution in [0.2, 0.25) is 0 Å². The van der Waals surface area contributed by atoms with Gasteiger partial charge in [0.05, 0.1) is 10.4 Å². The molecule has 1 aromatic carbocycles. The fourth-order valence-corrected chi connectivity index (χ4v) is 3.75. The Morgan fingerprint density at radius 2 is 2.15 bits per heavy atom. The molecule has 0 aliphatic heterocycles. The van der Waals surface area contributed by atoms with Crippen molar-refractivity contribution in [2.24, 2.45) is 0 Å². The van der Waals surface area contributed by atoms with E-state index in [2.05, 4.69) is 9.55 Å². The first-order valence-electron chi connectivity index (χ1n) is 6.78. The van der Waals surface area contributed by atoms with Crippen LogP contribution in [0.4, 0.5) is 0 Å². The lowest BCUT2D eigenvalue weighted by atomic mass is 9.92. The third-order valence-corrected chi connectivity index (χ3v) is 5.23. The largest absolute Gasteiger partial charge is 0.325 e. The Morgan fingerprint density at radius 1 is 1.40 bits per heavy atom. The summed E-state index contributed by atoms with van der Waals surface area (Å²) in [5.74, 6) is 1.39. The van der Waals surface area contributed by atoms with E-state index in [0.717, 1.165) is 24.2 Å². The highest BCUT2D eigenvalue weighted by molar-refractivity contribution is 7.91. The number of fused-ring (bicyclic) bond motifs is 1.